The number of carbonyl (C=O) groups excluding carboxylic acids is 1. The van der Waals surface area contributed by atoms with Gasteiger partial charge in [-0.05, 0) is 48.7 Å². The van der Waals surface area contributed by atoms with Crippen LogP contribution in [0.5, 0.6) is 5.75 Å². The van der Waals surface area contributed by atoms with E-state index in [0.29, 0.717) is 47.8 Å². The Kier molecular flexibility index (Phi) is 5.55. The van der Waals surface area contributed by atoms with Crippen molar-refractivity contribution in [2.45, 2.75) is 25.5 Å². The molecule has 0 spiro atoms. The Morgan fingerprint density at radius 2 is 1.97 bits per heavy atom. The van der Waals surface area contributed by atoms with Crippen LogP contribution in [-0.2, 0) is 16.1 Å². The maximum atomic E-state index is 12.9. The van der Waals surface area contributed by atoms with E-state index in [2.05, 4.69) is 0 Å². The highest BCUT2D eigenvalue weighted by molar-refractivity contribution is 6.34. The van der Waals surface area contributed by atoms with Gasteiger partial charge >= 0.3 is 5.97 Å². The minimum absolute atomic E-state index is 0.0361. The number of anilines is 1. The number of aliphatic carboxylic acids is 1. The van der Waals surface area contributed by atoms with E-state index in [1.54, 1.807) is 36.4 Å². The highest BCUT2D eigenvalue weighted by Crippen LogP contribution is 2.33. The summed E-state index contributed by atoms with van der Waals surface area (Å²) in [5.41, 5.74) is 1.23. The highest BCUT2D eigenvalue weighted by Gasteiger charge is 2.35. The summed E-state index contributed by atoms with van der Waals surface area (Å²) in [5.74, 6) is -0.632. The standard InChI is InChI=1S/C24H20ClNO7/c25-19-3-1-2-18-20(27)11-21(33-22(18)19)26-12-14-10-15(4-5-17(14)23(26)28)31-6-7-32-16-8-13(9-16)24(29)30/h1-5,10-11,13,16H,6-9,12H2,(H,29,30). The fourth-order valence-corrected chi connectivity index (χ4v) is 4.32. The number of fused-ring (bicyclic) bond motifs is 2. The first-order valence-corrected chi connectivity index (χ1v) is 10.9. The number of benzene rings is 2. The first-order valence-electron chi connectivity index (χ1n) is 10.5. The molecule has 0 saturated heterocycles. The zero-order valence-corrected chi connectivity index (χ0v) is 18.2. The molecule has 0 unspecified atom stereocenters. The molecule has 8 nitrogen and oxygen atoms in total. The molecule has 1 amide bonds. The number of carboxylic acids is 1. The number of carboxylic acid groups (broad SMARTS) is 1. The monoisotopic (exact) mass is 469 g/mol. The smallest absolute Gasteiger partial charge is 0.306 e. The number of hydrogen-bond donors (Lipinski definition) is 1. The van der Waals surface area contributed by atoms with Gasteiger partial charge in [-0.25, -0.2) is 0 Å². The molecular formula is C24H20ClNO7. The van der Waals surface area contributed by atoms with Crippen LogP contribution in [0.2, 0.25) is 5.02 Å². The van der Waals surface area contributed by atoms with Crippen LogP contribution in [0, 0.1) is 5.92 Å². The van der Waals surface area contributed by atoms with Crippen molar-refractivity contribution in [1.29, 1.82) is 0 Å². The molecule has 2 heterocycles. The third-order valence-corrected chi connectivity index (χ3v) is 6.29. The molecule has 3 aromatic rings. The number of ether oxygens (including phenoxy) is 2. The van der Waals surface area contributed by atoms with Gasteiger partial charge in [-0.15, -0.1) is 0 Å². The quantitative estimate of drug-likeness (QED) is 0.523. The lowest BCUT2D eigenvalue weighted by Crippen LogP contribution is -2.36. The van der Waals surface area contributed by atoms with Crippen molar-refractivity contribution in [3.63, 3.8) is 0 Å². The van der Waals surface area contributed by atoms with E-state index in [4.69, 9.17) is 30.6 Å². The van der Waals surface area contributed by atoms with Gasteiger partial charge in [-0.3, -0.25) is 19.3 Å². The summed E-state index contributed by atoms with van der Waals surface area (Å²) < 4.78 is 17.2. The molecule has 1 aromatic heterocycles. The van der Waals surface area contributed by atoms with Crippen molar-refractivity contribution in [3.8, 4) is 5.75 Å². The van der Waals surface area contributed by atoms with Crippen LogP contribution >= 0.6 is 11.6 Å². The van der Waals surface area contributed by atoms with Crippen LogP contribution in [0.4, 0.5) is 5.88 Å². The topological polar surface area (TPSA) is 106 Å². The number of carbonyl (C=O) groups is 2. The van der Waals surface area contributed by atoms with Crippen molar-refractivity contribution in [2.24, 2.45) is 5.92 Å². The molecule has 1 N–H and O–H groups in total. The maximum Gasteiger partial charge on any atom is 0.306 e. The fraction of sp³-hybridized carbons (Fsp3) is 0.292. The summed E-state index contributed by atoms with van der Waals surface area (Å²) in [4.78, 5) is 37.6. The Bertz CT molecular complexity index is 1310. The van der Waals surface area contributed by atoms with Gasteiger partial charge in [0.25, 0.3) is 5.91 Å². The summed E-state index contributed by atoms with van der Waals surface area (Å²) in [6.07, 6.45) is 1.02. The van der Waals surface area contributed by atoms with Crippen LogP contribution in [0.3, 0.4) is 0 Å². The van der Waals surface area contributed by atoms with Gasteiger partial charge in [0.15, 0.2) is 11.0 Å². The van der Waals surface area contributed by atoms with Crippen LogP contribution in [0.1, 0.15) is 28.8 Å². The third kappa shape index (κ3) is 4.07. The highest BCUT2D eigenvalue weighted by atomic mass is 35.5. The molecule has 0 bridgehead atoms. The van der Waals surface area contributed by atoms with Crippen LogP contribution in [-0.4, -0.2) is 36.3 Å². The van der Waals surface area contributed by atoms with Crippen LogP contribution < -0.4 is 15.1 Å². The van der Waals surface area contributed by atoms with E-state index in [1.165, 1.54) is 11.0 Å². The Morgan fingerprint density at radius 1 is 1.15 bits per heavy atom. The number of hydrogen-bond acceptors (Lipinski definition) is 6. The number of halogens is 1. The van der Waals surface area contributed by atoms with Gasteiger partial charge in [-0.1, -0.05) is 17.7 Å². The van der Waals surface area contributed by atoms with Crippen molar-refractivity contribution in [3.05, 3.63) is 68.8 Å². The molecule has 1 fully saturated rings. The lowest BCUT2D eigenvalue weighted by molar-refractivity contribution is -0.151. The average molecular weight is 470 g/mol. The van der Waals surface area contributed by atoms with Gasteiger partial charge in [0.2, 0.25) is 5.88 Å². The third-order valence-electron chi connectivity index (χ3n) is 5.99. The molecule has 5 rings (SSSR count). The van der Waals surface area contributed by atoms with E-state index in [1.807, 2.05) is 0 Å². The van der Waals surface area contributed by atoms with Gasteiger partial charge in [0.1, 0.15) is 12.4 Å². The first kappa shape index (κ1) is 21.5. The predicted molar refractivity (Wildman–Crippen MR) is 120 cm³/mol. The molecule has 170 valence electrons. The SMILES string of the molecule is O=C(O)C1CC(OCCOc2ccc3c(c2)CN(c2cc(=O)c4cccc(Cl)c4o2)C3=O)C1. The number of rotatable bonds is 7. The van der Waals surface area contributed by atoms with Crippen molar-refractivity contribution >= 4 is 40.3 Å². The Hall–Kier alpha value is -3.36. The fourth-order valence-electron chi connectivity index (χ4n) is 4.11. The molecule has 33 heavy (non-hydrogen) atoms. The Balaban J connectivity index is 1.24. The average Bonchev–Trinajstić information content (AvgIpc) is 3.08. The molecule has 0 atom stereocenters. The van der Waals surface area contributed by atoms with Gasteiger partial charge in [0.05, 0.1) is 35.6 Å². The van der Waals surface area contributed by atoms with E-state index in [9.17, 15) is 14.4 Å². The van der Waals surface area contributed by atoms with E-state index < -0.39 is 5.97 Å². The van der Waals surface area contributed by atoms with Crippen molar-refractivity contribution < 1.29 is 28.6 Å². The van der Waals surface area contributed by atoms with Gasteiger partial charge < -0.3 is 19.0 Å². The molecule has 1 saturated carbocycles. The van der Waals surface area contributed by atoms with E-state index >= 15 is 0 Å². The zero-order valence-electron chi connectivity index (χ0n) is 17.5. The lowest BCUT2D eigenvalue weighted by atomic mass is 9.82. The molecule has 2 aromatic carbocycles. The first-order chi connectivity index (χ1) is 15.9. The molecule has 1 aliphatic carbocycles. The second kappa shape index (κ2) is 8.53. The minimum Gasteiger partial charge on any atom is -0.491 e. The van der Waals surface area contributed by atoms with Gasteiger partial charge in [0, 0.05) is 11.6 Å². The lowest BCUT2D eigenvalue weighted by Gasteiger charge is -2.31. The normalized spacial score (nSPS) is 19.4. The molecule has 9 heteroatoms. The van der Waals surface area contributed by atoms with Crippen LogP contribution in [0.25, 0.3) is 11.0 Å². The summed E-state index contributed by atoms with van der Waals surface area (Å²) in [6, 6.07) is 11.4. The number of nitrogens with zero attached hydrogens (tertiary/aromatic N) is 1. The second-order valence-corrected chi connectivity index (χ2v) is 8.53. The zero-order chi connectivity index (χ0) is 23.1. The summed E-state index contributed by atoms with van der Waals surface area (Å²) in [7, 11) is 0. The van der Waals surface area contributed by atoms with E-state index in [-0.39, 0.29) is 41.4 Å². The molecular weight excluding hydrogens is 450 g/mol. The summed E-state index contributed by atoms with van der Waals surface area (Å²) >= 11 is 6.18. The van der Waals surface area contributed by atoms with Gasteiger partial charge in [-0.2, -0.15) is 0 Å². The van der Waals surface area contributed by atoms with Crippen molar-refractivity contribution in [2.75, 3.05) is 18.1 Å². The van der Waals surface area contributed by atoms with E-state index in [0.717, 1.165) is 5.56 Å². The summed E-state index contributed by atoms with van der Waals surface area (Å²) in [5, 5.41) is 9.55. The number of amides is 1. The van der Waals surface area contributed by atoms with Crippen LogP contribution in [0.15, 0.2) is 51.7 Å². The largest absolute Gasteiger partial charge is 0.491 e. The molecule has 0 radical (unpaired) electrons. The second-order valence-electron chi connectivity index (χ2n) is 8.12. The predicted octanol–water partition coefficient (Wildman–Crippen LogP) is 3.87. The minimum atomic E-state index is -0.779. The number of para-hydroxylation sites is 1. The maximum absolute atomic E-state index is 12.9. The Labute approximate surface area is 193 Å². The summed E-state index contributed by atoms with van der Waals surface area (Å²) in [6.45, 7) is 0.893. The Morgan fingerprint density at radius 3 is 2.76 bits per heavy atom. The van der Waals surface area contributed by atoms with Crippen molar-refractivity contribution in [1.82, 2.24) is 0 Å². The molecule has 1 aliphatic heterocycles. The molecule has 2 aliphatic rings.